The molecule has 2 fully saturated rings. The minimum Gasteiger partial charge on any atom is -0.450 e. The molecule has 2 rings (SSSR count). The Bertz CT molecular complexity index is 539. The van der Waals surface area contributed by atoms with Gasteiger partial charge in [0.05, 0.1) is 19.4 Å². The number of piperidine rings is 1. The first-order valence-electron chi connectivity index (χ1n) is 7.99. The first-order valence-corrected chi connectivity index (χ1v) is 9.84. The molecule has 2 amide bonds. The highest BCUT2D eigenvalue weighted by atomic mass is 32.2. The maximum atomic E-state index is 12.0. The van der Waals surface area contributed by atoms with Crippen LogP contribution < -0.4 is 5.32 Å². The van der Waals surface area contributed by atoms with Gasteiger partial charge in [0.15, 0.2) is 0 Å². The number of nitrogens with zero attached hydrogens (tertiary/aromatic N) is 2. The van der Waals surface area contributed by atoms with Crippen LogP contribution in [0.4, 0.5) is 4.79 Å². The van der Waals surface area contributed by atoms with E-state index in [1.54, 1.807) is 11.8 Å². The second-order valence-corrected chi connectivity index (χ2v) is 8.00. The summed E-state index contributed by atoms with van der Waals surface area (Å²) >= 11 is 0. The molecule has 0 spiro atoms. The Morgan fingerprint density at radius 3 is 2.30 bits per heavy atom. The summed E-state index contributed by atoms with van der Waals surface area (Å²) in [5.41, 5.74) is 0. The number of sulfonamides is 1. The topological polar surface area (TPSA) is 96.0 Å². The molecule has 23 heavy (non-hydrogen) atoms. The zero-order valence-electron chi connectivity index (χ0n) is 13.7. The lowest BCUT2D eigenvalue weighted by Gasteiger charge is -2.36. The summed E-state index contributed by atoms with van der Waals surface area (Å²) in [7, 11) is -3.49. The number of nitrogens with one attached hydrogen (secondary N) is 1. The van der Waals surface area contributed by atoms with Gasteiger partial charge in [0.25, 0.3) is 0 Å². The summed E-state index contributed by atoms with van der Waals surface area (Å²) in [6, 6.07) is -0.0600. The van der Waals surface area contributed by atoms with E-state index in [0.717, 1.165) is 19.1 Å². The Morgan fingerprint density at radius 2 is 1.83 bits per heavy atom. The molecule has 0 aromatic carbocycles. The van der Waals surface area contributed by atoms with Crippen molar-refractivity contribution in [3.63, 3.8) is 0 Å². The van der Waals surface area contributed by atoms with Crippen molar-refractivity contribution in [1.29, 1.82) is 0 Å². The van der Waals surface area contributed by atoms with Crippen molar-refractivity contribution in [2.75, 3.05) is 32.5 Å². The van der Waals surface area contributed by atoms with Crippen molar-refractivity contribution < 1.29 is 22.7 Å². The lowest BCUT2D eigenvalue weighted by Crippen LogP contribution is -2.51. The average molecular weight is 347 g/mol. The Morgan fingerprint density at radius 1 is 1.22 bits per heavy atom. The number of hydrogen-bond acceptors (Lipinski definition) is 5. The van der Waals surface area contributed by atoms with Crippen LogP contribution in [0.2, 0.25) is 0 Å². The Kier molecular flexibility index (Phi) is 5.85. The highest BCUT2D eigenvalue weighted by molar-refractivity contribution is 7.88. The molecule has 0 unspecified atom stereocenters. The van der Waals surface area contributed by atoms with Crippen LogP contribution >= 0.6 is 0 Å². The molecule has 9 heteroatoms. The molecule has 2 aliphatic rings. The second kappa shape index (κ2) is 7.48. The van der Waals surface area contributed by atoms with Gasteiger partial charge in [0, 0.05) is 25.2 Å². The maximum Gasteiger partial charge on any atom is 0.409 e. The van der Waals surface area contributed by atoms with Gasteiger partial charge in [-0.1, -0.05) is 0 Å². The van der Waals surface area contributed by atoms with E-state index >= 15 is 0 Å². The van der Waals surface area contributed by atoms with Crippen LogP contribution in [0.25, 0.3) is 0 Å². The number of carbonyl (C=O) groups excluding carboxylic acids is 2. The highest BCUT2D eigenvalue weighted by Gasteiger charge is 2.34. The summed E-state index contributed by atoms with van der Waals surface area (Å²) in [5, 5.41) is 2.81. The third kappa shape index (κ3) is 5.35. The van der Waals surface area contributed by atoms with Gasteiger partial charge < -0.3 is 15.0 Å². The minimum atomic E-state index is -3.49. The first-order chi connectivity index (χ1) is 10.8. The second-order valence-electron chi connectivity index (χ2n) is 6.07. The summed E-state index contributed by atoms with van der Waals surface area (Å²) in [6.07, 6.45) is 3.68. The largest absolute Gasteiger partial charge is 0.450 e. The maximum absolute atomic E-state index is 12.0. The lowest BCUT2D eigenvalue weighted by atomic mass is 10.1. The van der Waals surface area contributed by atoms with Gasteiger partial charge in [-0.05, 0) is 32.6 Å². The third-order valence-corrected chi connectivity index (χ3v) is 5.34. The fraction of sp³-hybridized carbons (Fsp3) is 0.857. The predicted molar refractivity (Wildman–Crippen MR) is 84.3 cm³/mol. The predicted octanol–water partition coefficient (Wildman–Crippen LogP) is 0.148. The van der Waals surface area contributed by atoms with E-state index in [1.807, 2.05) is 0 Å². The number of likely N-dealkylation sites (tertiary alicyclic amines) is 1. The Balaban J connectivity index is 1.92. The van der Waals surface area contributed by atoms with Crippen molar-refractivity contribution in [3.05, 3.63) is 0 Å². The van der Waals surface area contributed by atoms with Crippen LogP contribution in [0.5, 0.6) is 0 Å². The van der Waals surface area contributed by atoms with E-state index < -0.39 is 10.0 Å². The number of amides is 2. The molecular formula is C14H25N3O5S. The van der Waals surface area contributed by atoms with Crippen molar-refractivity contribution in [3.8, 4) is 0 Å². The summed E-state index contributed by atoms with van der Waals surface area (Å²) in [4.78, 5) is 25.2. The van der Waals surface area contributed by atoms with Crippen molar-refractivity contribution in [1.82, 2.24) is 14.5 Å². The van der Waals surface area contributed by atoms with E-state index in [0.29, 0.717) is 32.5 Å². The van der Waals surface area contributed by atoms with Gasteiger partial charge in [0.2, 0.25) is 15.9 Å². The van der Waals surface area contributed by atoms with Gasteiger partial charge in [-0.2, -0.15) is 4.31 Å². The zero-order chi connectivity index (χ0) is 17.0. The standard InChI is InChI=1S/C14H25N3O5S/c1-3-22-14(19)16-8-6-12(7-9-16)17(23(2,20)21)10-13(18)15-11-4-5-11/h11-12H,3-10H2,1-2H3,(H,15,18). The highest BCUT2D eigenvalue weighted by Crippen LogP contribution is 2.21. The van der Waals surface area contributed by atoms with Crippen LogP contribution in [0.3, 0.4) is 0 Å². The summed E-state index contributed by atoms with van der Waals surface area (Å²) in [6.45, 7) is 2.77. The molecule has 1 N–H and O–H groups in total. The summed E-state index contributed by atoms with van der Waals surface area (Å²) < 4.78 is 30.3. The van der Waals surface area contributed by atoms with Gasteiger partial charge in [-0.3, -0.25) is 4.79 Å². The normalized spacial score (nSPS) is 19.7. The van der Waals surface area contributed by atoms with Crippen LogP contribution in [0.15, 0.2) is 0 Å². The fourth-order valence-electron chi connectivity index (χ4n) is 2.71. The van der Waals surface area contributed by atoms with Crippen LogP contribution in [-0.2, 0) is 19.6 Å². The molecule has 1 heterocycles. The van der Waals surface area contributed by atoms with Gasteiger partial charge in [0.1, 0.15) is 0 Å². The average Bonchev–Trinajstić information content (AvgIpc) is 3.28. The van der Waals surface area contributed by atoms with E-state index in [9.17, 15) is 18.0 Å². The molecule has 1 saturated carbocycles. The molecule has 1 aliphatic heterocycles. The molecule has 0 radical (unpaired) electrons. The first kappa shape index (κ1) is 18.0. The molecule has 132 valence electrons. The number of carbonyl (C=O) groups is 2. The Labute approximate surface area is 137 Å². The number of rotatable bonds is 6. The van der Waals surface area contributed by atoms with Gasteiger partial charge >= 0.3 is 6.09 Å². The SMILES string of the molecule is CCOC(=O)N1CCC(N(CC(=O)NC2CC2)S(C)(=O)=O)CC1. The Hall–Kier alpha value is -1.35. The monoisotopic (exact) mass is 347 g/mol. The molecule has 1 aliphatic carbocycles. The van der Waals surface area contributed by atoms with Crippen molar-refractivity contribution >= 4 is 22.0 Å². The fourth-order valence-corrected chi connectivity index (χ4v) is 3.82. The molecular weight excluding hydrogens is 322 g/mol. The molecule has 0 bridgehead atoms. The number of ether oxygens (including phenoxy) is 1. The zero-order valence-corrected chi connectivity index (χ0v) is 14.5. The molecule has 8 nitrogen and oxygen atoms in total. The molecule has 1 saturated heterocycles. The quantitative estimate of drug-likeness (QED) is 0.738. The van der Waals surface area contributed by atoms with Crippen LogP contribution in [0.1, 0.15) is 32.6 Å². The molecule has 0 aromatic rings. The number of hydrogen-bond donors (Lipinski definition) is 1. The van der Waals surface area contributed by atoms with E-state index in [-0.39, 0.29) is 30.6 Å². The van der Waals surface area contributed by atoms with Crippen LogP contribution in [-0.4, -0.2) is 74.2 Å². The van der Waals surface area contributed by atoms with Gasteiger partial charge in [-0.15, -0.1) is 0 Å². The summed E-state index contributed by atoms with van der Waals surface area (Å²) in [5.74, 6) is -0.259. The van der Waals surface area contributed by atoms with E-state index in [4.69, 9.17) is 4.74 Å². The van der Waals surface area contributed by atoms with E-state index in [1.165, 1.54) is 4.31 Å². The van der Waals surface area contributed by atoms with Crippen molar-refractivity contribution in [2.45, 2.75) is 44.7 Å². The van der Waals surface area contributed by atoms with Crippen LogP contribution in [0, 0.1) is 0 Å². The minimum absolute atomic E-state index is 0.153. The molecule has 0 aromatic heterocycles. The van der Waals surface area contributed by atoms with Gasteiger partial charge in [-0.25, -0.2) is 13.2 Å². The lowest BCUT2D eigenvalue weighted by molar-refractivity contribution is -0.121. The van der Waals surface area contributed by atoms with Crippen molar-refractivity contribution in [2.24, 2.45) is 0 Å². The smallest absolute Gasteiger partial charge is 0.409 e. The molecule has 0 atom stereocenters. The van der Waals surface area contributed by atoms with E-state index in [2.05, 4.69) is 5.32 Å². The third-order valence-electron chi connectivity index (χ3n) is 4.07.